The first-order chi connectivity index (χ1) is 15.8. The van der Waals surface area contributed by atoms with E-state index in [4.69, 9.17) is 0 Å². The monoisotopic (exact) mass is 466 g/mol. The highest BCUT2D eigenvalue weighted by molar-refractivity contribution is 7.89. The molecule has 3 aromatic rings. The molecule has 33 heavy (non-hydrogen) atoms. The molecule has 1 aliphatic carbocycles. The number of sulfonamides is 1. The van der Waals surface area contributed by atoms with Gasteiger partial charge in [-0.25, -0.2) is 13.1 Å². The van der Waals surface area contributed by atoms with Gasteiger partial charge in [0.05, 0.1) is 17.6 Å². The van der Waals surface area contributed by atoms with Gasteiger partial charge in [0.15, 0.2) is 0 Å². The molecule has 0 radical (unpaired) electrons. The first-order valence-electron chi connectivity index (χ1n) is 11.3. The molecule has 0 bridgehead atoms. The van der Waals surface area contributed by atoms with E-state index in [1.54, 1.807) is 42.2 Å². The molecular weight excluding hydrogens is 436 g/mol. The summed E-state index contributed by atoms with van der Waals surface area (Å²) in [7, 11) is -2.03. The molecule has 2 aromatic carbocycles. The topological polar surface area (TPSA) is 84.3 Å². The van der Waals surface area contributed by atoms with Gasteiger partial charge in [-0.3, -0.25) is 4.79 Å². The summed E-state index contributed by atoms with van der Waals surface area (Å²) in [6.07, 6.45) is 6.63. The van der Waals surface area contributed by atoms with E-state index in [1.807, 2.05) is 25.1 Å². The number of anilines is 1. The Kier molecular flexibility index (Phi) is 6.95. The summed E-state index contributed by atoms with van der Waals surface area (Å²) < 4.78 is 29.6. The van der Waals surface area contributed by atoms with Crippen LogP contribution in [-0.2, 0) is 16.6 Å². The molecule has 1 N–H and O–H groups in total. The van der Waals surface area contributed by atoms with Crippen LogP contribution in [0.1, 0.15) is 53.6 Å². The van der Waals surface area contributed by atoms with E-state index in [-0.39, 0.29) is 22.4 Å². The minimum absolute atomic E-state index is 0.0113. The van der Waals surface area contributed by atoms with Gasteiger partial charge < -0.3 is 5.32 Å². The van der Waals surface area contributed by atoms with Gasteiger partial charge in [0.2, 0.25) is 10.0 Å². The summed E-state index contributed by atoms with van der Waals surface area (Å²) in [5, 5.41) is 7.19. The number of benzene rings is 2. The zero-order valence-corrected chi connectivity index (χ0v) is 19.9. The molecule has 1 saturated carbocycles. The van der Waals surface area contributed by atoms with Crippen molar-refractivity contribution in [1.29, 1.82) is 0 Å². The fraction of sp³-hybridized carbons (Fsp3) is 0.360. The van der Waals surface area contributed by atoms with Gasteiger partial charge in [-0.15, -0.1) is 0 Å². The minimum Gasteiger partial charge on any atom is -0.307 e. The molecule has 1 fully saturated rings. The van der Waals surface area contributed by atoms with Crippen LogP contribution in [0.5, 0.6) is 0 Å². The van der Waals surface area contributed by atoms with Gasteiger partial charge in [0.1, 0.15) is 5.82 Å². The average Bonchev–Trinajstić information content (AvgIpc) is 3.25. The largest absolute Gasteiger partial charge is 0.307 e. The molecule has 0 saturated heterocycles. The molecule has 0 unspecified atom stereocenters. The smallest absolute Gasteiger partial charge is 0.256 e. The molecular formula is C25H30N4O3S. The highest BCUT2D eigenvalue weighted by Crippen LogP contribution is 2.27. The molecule has 8 heteroatoms. The molecule has 1 heterocycles. The van der Waals surface area contributed by atoms with Crippen LogP contribution in [0.4, 0.5) is 5.82 Å². The van der Waals surface area contributed by atoms with E-state index in [9.17, 15) is 13.2 Å². The summed E-state index contributed by atoms with van der Waals surface area (Å²) in [6, 6.07) is 16.1. The van der Waals surface area contributed by atoms with Crippen molar-refractivity contribution in [1.82, 2.24) is 14.1 Å². The van der Waals surface area contributed by atoms with Gasteiger partial charge >= 0.3 is 0 Å². The van der Waals surface area contributed by atoms with E-state index in [0.717, 1.165) is 43.2 Å². The number of carbonyl (C=O) groups is 1. The summed E-state index contributed by atoms with van der Waals surface area (Å²) in [5.74, 6) is 0.174. The minimum atomic E-state index is -3.67. The Morgan fingerprint density at radius 3 is 2.61 bits per heavy atom. The van der Waals surface area contributed by atoms with Crippen LogP contribution in [0.3, 0.4) is 0 Å². The molecule has 174 valence electrons. The van der Waals surface area contributed by atoms with Crippen molar-refractivity contribution in [3.63, 3.8) is 0 Å². The number of rotatable bonds is 7. The number of hydrogen-bond donors (Lipinski definition) is 1. The summed E-state index contributed by atoms with van der Waals surface area (Å²) in [4.78, 5) is 13.1. The van der Waals surface area contributed by atoms with E-state index in [2.05, 4.69) is 16.5 Å². The van der Waals surface area contributed by atoms with Crippen molar-refractivity contribution in [2.24, 2.45) is 0 Å². The standard InChI is InChI=1S/C25H30N4O3S/c1-19-8-6-9-20(16-19)18-29-24(14-15-26-29)27-25(30)21-10-7-13-23(17-21)33(31,32)28(2)22-11-4-3-5-12-22/h6-10,13-17,22H,3-5,11-12,18H2,1-2H3,(H,27,30). The van der Waals surface area contributed by atoms with Gasteiger partial charge in [-0.05, 0) is 43.5 Å². The van der Waals surface area contributed by atoms with Crippen LogP contribution in [-0.4, -0.2) is 41.5 Å². The SMILES string of the molecule is Cc1cccc(Cn2nccc2NC(=O)c2cccc(S(=O)(=O)N(C)C3CCCCC3)c2)c1. The first-order valence-corrected chi connectivity index (χ1v) is 12.8. The fourth-order valence-corrected chi connectivity index (χ4v) is 5.80. The first kappa shape index (κ1) is 23.2. The maximum Gasteiger partial charge on any atom is 0.256 e. The van der Waals surface area contributed by atoms with Crippen LogP contribution < -0.4 is 5.32 Å². The van der Waals surface area contributed by atoms with Crippen LogP contribution in [0.2, 0.25) is 0 Å². The Balaban J connectivity index is 1.50. The van der Waals surface area contributed by atoms with Crippen LogP contribution in [0, 0.1) is 6.92 Å². The van der Waals surface area contributed by atoms with Gasteiger partial charge in [-0.2, -0.15) is 9.40 Å². The Morgan fingerprint density at radius 1 is 1.09 bits per heavy atom. The van der Waals surface area contributed by atoms with E-state index in [1.165, 1.54) is 10.4 Å². The van der Waals surface area contributed by atoms with Crippen molar-refractivity contribution < 1.29 is 13.2 Å². The lowest BCUT2D eigenvalue weighted by molar-refractivity contribution is 0.102. The van der Waals surface area contributed by atoms with Gasteiger partial charge in [0.25, 0.3) is 5.91 Å². The van der Waals surface area contributed by atoms with Crippen LogP contribution in [0.25, 0.3) is 0 Å². The Labute approximate surface area is 195 Å². The van der Waals surface area contributed by atoms with Crippen molar-refractivity contribution in [2.75, 3.05) is 12.4 Å². The third-order valence-electron chi connectivity index (χ3n) is 6.24. The maximum absolute atomic E-state index is 13.2. The second-order valence-electron chi connectivity index (χ2n) is 8.66. The predicted molar refractivity (Wildman–Crippen MR) is 129 cm³/mol. The van der Waals surface area contributed by atoms with Gasteiger partial charge in [-0.1, -0.05) is 55.2 Å². The Bertz CT molecular complexity index is 1230. The Hall–Kier alpha value is -2.97. The highest BCUT2D eigenvalue weighted by Gasteiger charge is 2.29. The maximum atomic E-state index is 13.2. The third kappa shape index (κ3) is 5.34. The highest BCUT2D eigenvalue weighted by atomic mass is 32.2. The van der Waals surface area contributed by atoms with Crippen molar-refractivity contribution in [2.45, 2.75) is 56.5 Å². The second-order valence-corrected chi connectivity index (χ2v) is 10.7. The zero-order chi connectivity index (χ0) is 23.4. The van der Waals surface area contributed by atoms with Gasteiger partial charge in [0, 0.05) is 24.7 Å². The summed E-state index contributed by atoms with van der Waals surface area (Å²) in [5.41, 5.74) is 2.52. The van der Waals surface area contributed by atoms with Crippen molar-refractivity contribution in [3.05, 3.63) is 77.5 Å². The second kappa shape index (κ2) is 9.89. The number of nitrogens with zero attached hydrogens (tertiary/aromatic N) is 3. The molecule has 0 aliphatic heterocycles. The number of nitrogens with one attached hydrogen (secondary N) is 1. The van der Waals surface area contributed by atoms with E-state index in [0.29, 0.717) is 12.4 Å². The van der Waals surface area contributed by atoms with E-state index >= 15 is 0 Å². The normalized spacial score (nSPS) is 15.0. The molecule has 7 nitrogen and oxygen atoms in total. The van der Waals surface area contributed by atoms with Crippen molar-refractivity contribution >= 4 is 21.7 Å². The van der Waals surface area contributed by atoms with Crippen molar-refractivity contribution in [3.8, 4) is 0 Å². The number of amides is 1. The predicted octanol–water partition coefficient (Wildman–Crippen LogP) is 4.45. The third-order valence-corrected chi connectivity index (χ3v) is 8.14. The molecule has 1 aromatic heterocycles. The van der Waals surface area contributed by atoms with Crippen LogP contribution in [0.15, 0.2) is 65.7 Å². The molecule has 0 atom stereocenters. The Morgan fingerprint density at radius 2 is 1.85 bits per heavy atom. The summed E-state index contributed by atoms with van der Waals surface area (Å²) >= 11 is 0. The molecule has 0 spiro atoms. The zero-order valence-electron chi connectivity index (χ0n) is 19.1. The number of hydrogen-bond acceptors (Lipinski definition) is 4. The number of aromatic nitrogens is 2. The lowest BCUT2D eigenvalue weighted by atomic mass is 9.96. The average molecular weight is 467 g/mol. The van der Waals surface area contributed by atoms with E-state index < -0.39 is 10.0 Å². The number of carbonyl (C=O) groups excluding carboxylic acids is 1. The lowest BCUT2D eigenvalue weighted by Gasteiger charge is -2.30. The number of aryl methyl sites for hydroxylation is 1. The van der Waals surface area contributed by atoms with Crippen LogP contribution >= 0.6 is 0 Å². The fourth-order valence-electron chi connectivity index (χ4n) is 4.34. The molecule has 4 rings (SSSR count). The summed E-state index contributed by atoms with van der Waals surface area (Å²) in [6.45, 7) is 2.55. The molecule has 1 aliphatic rings. The quantitative estimate of drug-likeness (QED) is 0.558. The lowest BCUT2D eigenvalue weighted by Crippen LogP contribution is -2.38. The molecule has 1 amide bonds.